The minimum absolute atomic E-state index is 0.195. The molecule has 0 aliphatic rings. The van der Waals surface area contributed by atoms with Crippen molar-refractivity contribution in [1.29, 1.82) is 0 Å². The van der Waals surface area contributed by atoms with E-state index in [1.807, 2.05) is 37.4 Å². The Morgan fingerprint density at radius 1 is 1.00 bits per heavy atom. The van der Waals surface area contributed by atoms with Crippen molar-refractivity contribution in [2.24, 2.45) is 0 Å². The summed E-state index contributed by atoms with van der Waals surface area (Å²) in [5, 5.41) is 0. The number of nitrogens with zero attached hydrogens (tertiary/aromatic N) is 1. The Kier molecular flexibility index (Phi) is 9.16. The van der Waals surface area contributed by atoms with Crippen LogP contribution in [-0.2, 0) is 16.1 Å². The van der Waals surface area contributed by atoms with Gasteiger partial charge in [0, 0.05) is 26.1 Å². The number of carbonyl (C=O) groups excluding carboxylic acids is 2. The third-order valence-electron chi connectivity index (χ3n) is 4.84. The van der Waals surface area contributed by atoms with E-state index in [1.165, 1.54) is 19.3 Å². The summed E-state index contributed by atoms with van der Waals surface area (Å²) in [5.41, 5.74) is 3.17. The summed E-state index contributed by atoms with van der Waals surface area (Å²) in [7, 11) is 1.86. The molecule has 29 heavy (non-hydrogen) atoms. The van der Waals surface area contributed by atoms with Gasteiger partial charge in [0.25, 0.3) is 0 Å². The van der Waals surface area contributed by atoms with E-state index in [-0.39, 0.29) is 5.91 Å². The number of benzene rings is 2. The maximum atomic E-state index is 12.4. The van der Waals surface area contributed by atoms with Gasteiger partial charge in [-0.1, -0.05) is 69.5 Å². The van der Waals surface area contributed by atoms with Crippen LogP contribution in [0.25, 0.3) is 11.1 Å². The van der Waals surface area contributed by atoms with E-state index in [4.69, 9.17) is 4.74 Å². The predicted octanol–water partition coefficient (Wildman–Crippen LogP) is 5.76. The molecule has 1 amide bonds. The first-order chi connectivity index (χ1) is 14.0. The lowest BCUT2D eigenvalue weighted by atomic mass is 10.0. The minimum Gasteiger partial charge on any atom is -0.423 e. The van der Waals surface area contributed by atoms with E-state index in [2.05, 4.69) is 19.6 Å². The van der Waals surface area contributed by atoms with E-state index < -0.39 is 5.97 Å². The molecule has 0 aliphatic carbocycles. The Morgan fingerprint density at radius 2 is 1.72 bits per heavy atom. The van der Waals surface area contributed by atoms with E-state index in [0.29, 0.717) is 18.7 Å². The first-order valence-corrected chi connectivity index (χ1v) is 10.3. The minimum atomic E-state index is -0.474. The fraction of sp³-hybridized carbons (Fsp3) is 0.360. The molecule has 4 nitrogen and oxygen atoms in total. The van der Waals surface area contributed by atoms with Gasteiger partial charge in [-0.15, -0.1) is 0 Å². The van der Waals surface area contributed by atoms with Crippen molar-refractivity contribution in [1.82, 2.24) is 4.90 Å². The van der Waals surface area contributed by atoms with Crippen LogP contribution in [0, 0.1) is 0 Å². The Bertz CT molecular complexity index is 811. The summed E-state index contributed by atoms with van der Waals surface area (Å²) in [6, 6.07) is 15.5. The summed E-state index contributed by atoms with van der Waals surface area (Å²) in [6.07, 6.45) is 7.51. The normalized spacial score (nSPS) is 10.4. The fourth-order valence-electron chi connectivity index (χ4n) is 3.16. The van der Waals surface area contributed by atoms with Crippen LogP contribution in [0.5, 0.6) is 5.75 Å². The number of unbranched alkanes of at least 4 members (excludes halogenated alkanes) is 4. The molecule has 2 aromatic rings. The number of amides is 1. The van der Waals surface area contributed by atoms with Gasteiger partial charge >= 0.3 is 5.97 Å². The van der Waals surface area contributed by atoms with E-state index in [0.717, 1.165) is 35.6 Å². The Labute approximate surface area is 174 Å². The molecule has 0 aliphatic heterocycles. The monoisotopic (exact) mass is 393 g/mol. The van der Waals surface area contributed by atoms with Crippen molar-refractivity contribution in [2.45, 2.75) is 52.0 Å². The molecule has 4 heteroatoms. The molecule has 0 unspecified atom stereocenters. The summed E-state index contributed by atoms with van der Waals surface area (Å²) < 4.78 is 5.11. The number of carbonyl (C=O) groups is 2. The molecule has 0 radical (unpaired) electrons. The summed E-state index contributed by atoms with van der Waals surface area (Å²) >= 11 is 0. The zero-order valence-electron chi connectivity index (χ0n) is 17.5. The standard InChI is InChI=1S/C25H31NO3/c1-4-6-7-8-9-13-24(27)26(3)19-20-11-10-12-22(18-20)21-14-16-23(17-15-21)29-25(28)5-2/h5,10-12,14-18H,2,4,6-9,13,19H2,1,3H3. The van der Waals surface area contributed by atoms with Crippen molar-refractivity contribution < 1.29 is 14.3 Å². The third kappa shape index (κ3) is 7.57. The molecule has 2 rings (SSSR count). The van der Waals surface area contributed by atoms with Crippen LogP contribution in [0.15, 0.2) is 61.2 Å². The van der Waals surface area contributed by atoms with Gasteiger partial charge < -0.3 is 9.64 Å². The lowest BCUT2D eigenvalue weighted by molar-refractivity contribution is -0.130. The van der Waals surface area contributed by atoms with Crippen LogP contribution in [0.2, 0.25) is 0 Å². The van der Waals surface area contributed by atoms with Gasteiger partial charge in [0.2, 0.25) is 5.91 Å². The third-order valence-corrected chi connectivity index (χ3v) is 4.84. The highest BCUT2D eigenvalue weighted by molar-refractivity contribution is 5.83. The first kappa shape index (κ1) is 22.4. The van der Waals surface area contributed by atoms with Gasteiger partial charge in [-0.2, -0.15) is 0 Å². The van der Waals surface area contributed by atoms with E-state index in [1.54, 1.807) is 17.0 Å². The maximum Gasteiger partial charge on any atom is 0.335 e. The summed E-state index contributed by atoms with van der Waals surface area (Å²) in [5.74, 6) is 0.206. The van der Waals surface area contributed by atoms with Crippen LogP contribution in [-0.4, -0.2) is 23.8 Å². The molecular weight excluding hydrogens is 362 g/mol. The lowest BCUT2D eigenvalue weighted by Gasteiger charge is -2.18. The maximum absolute atomic E-state index is 12.4. The van der Waals surface area contributed by atoms with Crippen LogP contribution >= 0.6 is 0 Å². The summed E-state index contributed by atoms with van der Waals surface area (Å²) in [4.78, 5) is 25.4. The van der Waals surface area contributed by atoms with Gasteiger partial charge in [0.05, 0.1) is 0 Å². The quantitative estimate of drug-likeness (QED) is 0.211. The Hall–Kier alpha value is -2.88. The lowest BCUT2D eigenvalue weighted by Crippen LogP contribution is -2.25. The average Bonchev–Trinajstić information content (AvgIpc) is 2.74. The van der Waals surface area contributed by atoms with Crippen LogP contribution < -0.4 is 4.74 Å². The SMILES string of the molecule is C=CC(=O)Oc1ccc(-c2cccc(CN(C)C(=O)CCCCCCC)c2)cc1. The van der Waals surface area contributed by atoms with Crippen LogP contribution in [0.1, 0.15) is 51.0 Å². The topological polar surface area (TPSA) is 46.6 Å². The number of ether oxygens (including phenoxy) is 1. The second kappa shape index (κ2) is 11.8. The smallest absolute Gasteiger partial charge is 0.335 e. The molecule has 0 atom stereocenters. The van der Waals surface area contributed by atoms with E-state index in [9.17, 15) is 9.59 Å². The Balaban J connectivity index is 1.94. The molecule has 0 spiro atoms. The highest BCUT2D eigenvalue weighted by atomic mass is 16.5. The van der Waals surface area contributed by atoms with Crippen molar-refractivity contribution in [3.05, 3.63) is 66.7 Å². The molecule has 0 bridgehead atoms. The van der Waals surface area contributed by atoms with Gasteiger partial charge in [0.15, 0.2) is 0 Å². The fourth-order valence-corrected chi connectivity index (χ4v) is 3.16. The molecule has 0 saturated carbocycles. The van der Waals surface area contributed by atoms with Crippen molar-refractivity contribution in [3.8, 4) is 16.9 Å². The number of rotatable bonds is 11. The van der Waals surface area contributed by atoms with Crippen molar-refractivity contribution in [3.63, 3.8) is 0 Å². The molecule has 0 heterocycles. The Morgan fingerprint density at radius 3 is 2.41 bits per heavy atom. The largest absolute Gasteiger partial charge is 0.423 e. The zero-order chi connectivity index (χ0) is 21.1. The van der Waals surface area contributed by atoms with Crippen LogP contribution in [0.3, 0.4) is 0 Å². The highest BCUT2D eigenvalue weighted by Gasteiger charge is 2.10. The molecule has 0 saturated heterocycles. The second-order valence-electron chi connectivity index (χ2n) is 7.26. The number of hydrogen-bond donors (Lipinski definition) is 0. The van der Waals surface area contributed by atoms with Gasteiger partial charge in [0.1, 0.15) is 5.75 Å². The van der Waals surface area contributed by atoms with Crippen molar-refractivity contribution >= 4 is 11.9 Å². The van der Waals surface area contributed by atoms with Gasteiger partial charge in [-0.05, 0) is 41.3 Å². The first-order valence-electron chi connectivity index (χ1n) is 10.3. The van der Waals surface area contributed by atoms with Crippen LogP contribution in [0.4, 0.5) is 0 Å². The molecule has 154 valence electrons. The van der Waals surface area contributed by atoms with Crippen molar-refractivity contribution in [2.75, 3.05) is 7.05 Å². The number of esters is 1. The molecule has 0 N–H and O–H groups in total. The zero-order valence-corrected chi connectivity index (χ0v) is 17.5. The average molecular weight is 394 g/mol. The molecule has 0 aromatic heterocycles. The predicted molar refractivity (Wildman–Crippen MR) is 118 cm³/mol. The summed E-state index contributed by atoms with van der Waals surface area (Å²) in [6.45, 7) is 6.18. The van der Waals surface area contributed by atoms with E-state index >= 15 is 0 Å². The molecular formula is C25H31NO3. The molecule has 0 fully saturated rings. The van der Waals surface area contributed by atoms with Gasteiger partial charge in [-0.25, -0.2) is 4.79 Å². The number of hydrogen-bond acceptors (Lipinski definition) is 3. The van der Waals surface area contributed by atoms with Gasteiger partial charge in [-0.3, -0.25) is 4.79 Å². The second-order valence-corrected chi connectivity index (χ2v) is 7.26. The highest BCUT2D eigenvalue weighted by Crippen LogP contribution is 2.24. The molecule has 2 aromatic carbocycles.